The van der Waals surface area contributed by atoms with Crippen molar-refractivity contribution < 1.29 is 36.2 Å². The molecule has 2 rings (SSSR count). The number of halogens is 3. The molecule has 0 bridgehead atoms. The normalized spacial score (nSPS) is 12.0. The topological polar surface area (TPSA) is 92.7 Å². The van der Waals surface area contributed by atoms with Gasteiger partial charge in [0.1, 0.15) is 14.8 Å². The number of thiophene rings is 1. The standard InChI is InChI=1S/C14H12F3NO5S2/c1-8-6-11(24-12(8)13(19)20)25(21,22)18-9-4-2-3-5-10(9)23-7-14(15,16)17/h2-6,18H,7H2,1H3,(H,19,20). The molecule has 25 heavy (non-hydrogen) atoms. The Hall–Kier alpha value is -2.27. The van der Waals surface area contributed by atoms with Gasteiger partial charge in [-0.2, -0.15) is 13.2 Å². The van der Waals surface area contributed by atoms with Crippen molar-refractivity contribution in [3.8, 4) is 5.75 Å². The number of aromatic carboxylic acids is 1. The summed E-state index contributed by atoms with van der Waals surface area (Å²) in [5, 5.41) is 8.99. The number of sulfonamides is 1. The maximum atomic E-state index is 12.4. The molecule has 0 atom stereocenters. The second kappa shape index (κ2) is 6.92. The van der Waals surface area contributed by atoms with E-state index in [0.717, 1.165) is 0 Å². The lowest BCUT2D eigenvalue weighted by Gasteiger charge is -2.14. The molecule has 0 saturated heterocycles. The molecule has 1 aromatic heterocycles. The van der Waals surface area contributed by atoms with E-state index in [4.69, 9.17) is 5.11 Å². The fourth-order valence-corrected chi connectivity index (χ4v) is 4.28. The van der Waals surface area contributed by atoms with Gasteiger partial charge in [0, 0.05) is 0 Å². The lowest BCUT2D eigenvalue weighted by molar-refractivity contribution is -0.153. The SMILES string of the molecule is Cc1cc(S(=O)(=O)Nc2ccccc2OCC(F)(F)F)sc1C(=O)O. The van der Waals surface area contributed by atoms with Gasteiger partial charge in [-0.25, -0.2) is 13.2 Å². The molecule has 1 heterocycles. The fraction of sp³-hybridized carbons (Fsp3) is 0.214. The van der Waals surface area contributed by atoms with E-state index in [1.54, 1.807) is 0 Å². The van der Waals surface area contributed by atoms with Crippen molar-refractivity contribution in [2.24, 2.45) is 0 Å². The third-order valence-corrected chi connectivity index (χ3v) is 5.94. The number of hydrogen-bond donors (Lipinski definition) is 2. The first-order valence-electron chi connectivity index (χ1n) is 6.65. The van der Waals surface area contributed by atoms with Crippen LogP contribution < -0.4 is 9.46 Å². The van der Waals surface area contributed by atoms with E-state index >= 15 is 0 Å². The summed E-state index contributed by atoms with van der Waals surface area (Å²) in [4.78, 5) is 10.9. The average Bonchev–Trinajstić information content (AvgIpc) is 2.88. The van der Waals surface area contributed by atoms with Crippen LogP contribution in [0.3, 0.4) is 0 Å². The largest absolute Gasteiger partial charge is 0.482 e. The van der Waals surface area contributed by atoms with Crippen molar-refractivity contribution in [3.63, 3.8) is 0 Å². The Bertz CT molecular complexity index is 890. The van der Waals surface area contributed by atoms with Crippen molar-refractivity contribution in [2.75, 3.05) is 11.3 Å². The molecule has 0 amide bonds. The zero-order valence-corrected chi connectivity index (χ0v) is 14.3. The molecule has 2 aromatic rings. The Morgan fingerprint density at radius 3 is 2.52 bits per heavy atom. The lowest BCUT2D eigenvalue weighted by atomic mass is 10.3. The Balaban J connectivity index is 2.29. The van der Waals surface area contributed by atoms with Crippen LogP contribution in [-0.2, 0) is 10.0 Å². The highest BCUT2D eigenvalue weighted by molar-refractivity contribution is 7.94. The van der Waals surface area contributed by atoms with E-state index in [1.807, 2.05) is 0 Å². The Morgan fingerprint density at radius 2 is 1.96 bits per heavy atom. The minimum Gasteiger partial charge on any atom is -0.482 e. The number of carboxylic acid groups (broad SMARTS) is 1. The first-order chi connectivity index (χ1) is 11.5. The van der Waals surface area contributed by atoms with Gasteiger partial charge in [-0.1, -0.05) is 12.1 Å². The number of aryl methyl sites for hydroxylation is 1. The van der Waals surface area contributed by atoms with Gasteiger partial charge in [-0.3, -0.25) is 4.72 Å². The van der Waals surface area contributed by atoms with Crippen molar-refractivity contribution in [2.45, 2.75) is 17.3 Å². The lowest BCUT2D eigenvalue weighted by Crippen LogP contribution is -2.20. The van der Waals surface area contributed by atoms with Crippen LogP contribution in [0.1, 0.15) is 15.2 Å². The molecule has 0 aliphatic rings. The Kier molecular flexibility index (Phi) is 5.28. The van der Waals surface area contributed by atoms with Crippen molar-refractivity contribution >= 4 is 33.0 Å². The smallest absolute Gasteiger partial charge is 0.422 e. The van der Waals surface area contributed by atoms with Gasteiger partial charge in [0.2, 0.25) is 0 Å². The van der Waals surface area contributed by atoms with Gasteiger partial charge >= 0.3 is 12.1 Å². The van der Waals surface area contributed by atoms with E-state index in [0.29, 0.717) is 11.3 Å². The summed E-state index contributed by atoms with van der Waals surface area (Å²) in [6.45, 7) is -0.133. The monoisotopic (exact) mass is 395 g/mol. The first kappa shape index (κ1) is 19.1. The number of rotatable bonds is 6. The highest BCUT2D eigenvalue weighted by Crippen LogP contribution is 2.31. The molecule has 0 aliphatic carbocycles. The number of anilines is 1. The summed E-state index contributed by atoms with van der Waals surface area (Å²) in [6, 6.07) is 6.41. The van der Waals surface area contributed by atoms with Crippen LogP contribution in [0.15, 0.2) is 34.5 Å². The average molecular weight is 395 g/mol. The van der Waals surface area contributed by atoms with Crippen molar-refractivity contribution in [1.29, 1.82) is 0 Å². The molecule has 0 fully saturated rings. The number of alkyl halides is 3. The summed E-state index contributed by atoms with van der Waals surface area (Å²) in [6.07, 6.45) is -4.58. The number of nitrogens with one attached hydrogen (secondary N) is 1. The predicted octanol–water partition coefficient (Wildman–Crippen LogP) is 3.50. The number of carbonyl (C=O) groups is 1. The number of ether oxygens (including phenoxy) is 1. The van der Waals surface area contributed by atoms with E-state index in [9.17, 15) is 26.4 Å². The maximum absolute atomic E-state index is 12.4. The molecule has 136 valence electrons. The quantitative estimate of drug-likeness (QED) is 0.781. The van der Waals surface area contributed by atoms with E-state index in [1.165, 1.54) is 37.3 Å². The summed E-state index contributed by atoms with van der Waals surface area (Å²) >= 11 is 0.546. The van der Waals surface area contributed by atoms with Crippen LogP contribution in [0.5, 0.6) is 5.75 Å². The maximum Gasteiger partial charge on any atom is 0.422 e. The zero-order valence-electron chi connectivity index (χ0n) is 12.6. The fourth-order valence-electron chi connectivity index (χ4n) is 1.83. The third kappa shape index (κ3) is 4.86. The molecular formula is C14H12F3NO5S2. The highest BCUT2D eigenvalue weighted by Gasteiger charge is 2.29. The highest BCUT2D eigenvalue weighted by atomic mass is 32.2. The minimum absolute atomic E-state index is 0.137. The van der Waals surface area contributed by atoms with Crippen LogP contribution >= 0.6 is 11.3 Å². The molecule has 0 spiro atoms. The molecule has 11 heteroatoms. The van der Waals surface area contributed by atoms with E-state index < -0.39 is 28.8 Å². The molecule has 0 saturated carbocycles. The molecule has 6 nitrogen and oxygen atoms in total. The zero-order chi connectivity index (χ0) is 18.8. The number of carboxylic acids is 1. The Morgan fingerprint density at radius 1 is 1.32 bits per heavy atom. The van der Waals surface area contributed by atoms with Crippen LogP contribution in [0.4, 0.5) is 18.9 Å². The predicted molar refractivity (Wildman–Crippen MR) is 84.8 cm³/mol. The molecule has 1 aromatic carbocycles. The summed E-state index contributed by atoms with van der Waals surface area (Å²) in [7, 11) is -4.18. The van der Waals surface area contributed by atoms with E-state index in [-0.39, 0.29) is 26.1 Å². The van der Waals surface area contributed by atoms with Crippen LogP contribution in [-0.4, -0.2) is 32.3 Å². The molecule has 2 N–H and O–H groups in total. The minimum atomic E-state index is -4.58. The number of para-hydroxylation sites is 2. The van der Waals surface area contributed by atoms with E-state index in [2.05, 4.69) is 9.46 Å². The van der Waals surface area contributed by atoms with Crippen molar-refractivity contribution in [3.05, 3.63) is 40.8 Å². The summed E-state index contributed by atoms with van der Waals surface area (Å²) in [5.41, 5.74) is 0.0779. The van der Waals surface area contributed by atoms with Gasteiger partial charge < -0.3 is 9.84 Å². The third-order valence-electron chi connectivity index (χ3n) is 2.88. The van der Waals surface area contributed by atoms with Crippen LogP contribution in [0.25, 0.3) is 0 Å². The number of hydrogen-bond acceptors (Lipinski definition) is 5. The second-order valence-electron chi connectivity index (χ2n) is 4.89. The van der Waals surface area contributed by atoms with Gasteiger partial charge in [-0.05, 0) is 30.7 Å². The first-order valence-corrected chi connectivity index (χ1v) is 8.95. The van der Waals surface area contributed by atoms with Gasteiger partial charge in [-0.15, -0.1) is 11.3 Å². The van der Waals surface area contributed by atoms with Gasteiger partial charge in [0.05, 0.1) is 5.69 Å². The van der Waals surface area contributed by atoms with Gasteiger partial charge in [0.25, 0.3) is 10.0 Å². The number of benzene rings is 1. The second-order valence-corrected chi connectivity index (χ2v) is 7.85. The summed E-state index contributed by atoms with van der Waals surface area (Å²) in [5.74, 6) is -1.56. The van der Waals surface area contributed by atoms with Crippen molar-refractivity contribution in [1.82, 2.24) is 0 Å². The van der Waals surface area contributed by atoms with Crippen LogP contribution in [0, 0.1) is 6.92 Å². The van der Waals surface area contributed by atoms with Crippen LogP contribution in [0.2, 0.25) is 0 Å². The Labute approximate surface area is 144 Å². The molecular weight excluding hydrogens is 383 g/mol. The molecule has 0 aliphatic heterocycles. The van der Waals surface area contributed by atoms with Gasteiger partial charge in [0.15, 0.2) is 6.61 Å². The molecule has 0 unspecified atom stereocenters. The molecule has 0 radical (unpaired) electrons. The summed E-state index contributed by atoms with van der Waals surface area (Å²) < 4.78 is 68.0.